The Balaban J connectivity index is 2.22. The quantitative estimate of drug-likeness (QED) is 0.896. The van der Waals surface area contributed by atoms with E-state index in [9.17, 15) is 19.8 Å². The molecule has 5 nitrogen and oxygen atoms in total. The predicted octanol–water partition coefficient (Wildman–Crippen LogP) is 2.42. The first-order valence-corrected chi connectivity index (χ1v) is 7.22. The first-order valence-electron chi connectivity index (χ1n) is 7.22. The van der Waals surface area contributed by atoms with E-state index in [4.69, 9.17) is 0 Å². The van der Waals surface area contributed by atoms with E-state index in [1.54, 1.807) is 24.0 Å². The van der Waals surface area contributed by atoms with Gasteiger partial charge in [0, 0.05) is 18.7 Å². The summed E-state index contributed by atoms with van der Waals surface area (Å²) in [6, 6.07) is 4.71. The Morgan fingerprint density at radius 3 is 2.67 bits per heavy atom. The number of carbonyl (C=O) groups is 2. The fourth-order valence-electron chi connectivity index (χ4n) is 2.89. The van der Waals surface area contributed by atoms with Crippen molar-refractivity contribution in [3.63, 3.8) is 0 Å². The number of carboxylic acids is 1. The summed E-state index contributed by atoms with van der Waals surface area (Å²) in [5, 5.41) is 19.0. The van der Waals surface area contributed by atoms with E-state index in [1.165, 1.54) is 6.07 Å². The summed E-state index contributed by atoms with van der Waals surface area (Å²) in [6.07, 6.45) is 1.82. The average molecular weight is 291 g/mol. The Morgan fingerprint density at radius 2 is 2.10 bits per heavy atom. The van der Waals surface area contributed by atoms with Gasteiger partial charge in [-0.2, -0.15) is 0 Å². The first kappa shape index (κ1) is 15.4. The van der Waals surface area contributed by atoms with E-state index in [-0.39, 0.29) is 18.2 Å². The van der Waals surface area contributed by atoms with Gasteiger partial charge in [-0.1, -0.05) is 6.92 Å². The number of carbonyl (C=O) groups excluding carboxylic acids is 1. The summed E-state index contributed by atoms with van der Waals surface area (Å²) in [5.74, 6) is -0.847. The number of rotatable bonds is 3. The van der Waals surface area contributed by atoms with Crippen LogP contribution >= 0.6 is 0 Å². The molecule has 1 aromatic carbocycles. The lowest BCUT2D eigenvalue weighted by atomic mass is 9.77. The minimum Gasteiger partial charge on any atom is -0.508 e. The Labute approximate surface area is 124 Å². The number of aryl methyl sites for hydroxylation is 1. The number of aromatic hydroxyl groups is 1. The number of benzene rings is 1. The summed E-state index contributed by atoms with van der Waals surface area (Å²) in [5.41, 5.74) is 0.292. The van der Waals surface area contributed by atoms with E-state index in [1.807, 2.05) is 6.92 Å². The molecular formula is C16H21NO4. The summed E-state index contributed by atoms with van der Waals surface area (Å²) in [4.78, 5) is 25.7. The molecule has 2 rings (SSSR count). The number of piperidine rings is 1. The van der Waals surface area contributed by atoms with Gasteiger partial charge >= 0.3 is 5.97 Å². The lowest BCUT2D eigenvalue weighted by Crippen LogP contribution is -2.49. The smallest absolute Gasteiger partial charge is 0.311 e. The molecule has 0 aliphatic carbocycles. The van der Waals surface area contributed by atoms with Crippen LogP contribution in [-0.4, -0.2) is 40.1 Å². The second-order valence-electron chi connectivity index (χ2n) is 5.77. The number of amides is 1. The molecular weight excluding hydrogens is 270 g/mol. The SMILES string of the molecule is CCC1(C(=O)O)CCCN(C(=O)c2ccc(O)c(C)c2)C1. The Kier molecular flexibility index (Phi) is 4.21. The highest BCUT2D eigenvalue weighted by Gasteiger charge is 2.42. The third kappa shape index (κ3) is 2.86. The van der Waals surface area contributed by atoms with Gasteiger partial charge in [-0.25, -0.2) is 0 Å². The van der Waals surface area contributed by atoms with Crippen LogP contribution in [0.2, 0.25) is 0 Å². The van der Waals surface area contributed by atoms with Crippen molar-refractivity contribution in [3.05, 3.63) is 29.3 Å². The van der Waals surface area contributed by atoms with E-state index in [2.05, 4.69) is 0 Å². The van der Waals surface area contributed by atoms with E-state index < -0.39 is 11.4 Å². The molecule has 1 aliphatic heterocycles. The van der Waals surface area contributed by atoms with E-state index in [0.717, 1.165) is 0 Å². The van der Waals surface area contributed by atoms with Crippen LogP contribution in [0.1, 0.15) is 42.1 Å². The third-order valence-corrected chi connectivity index (χ3v) is 4.44. The molecule has 5 heteroatoms. The Morgan fingerprint density at radius 1 is 1.38 bits per heavy atom. The van der Waals surface area contributed by atoms with Crippen LogP contribution in [0.5, 0.6) is 5.75 Å². The fraction of sp³-hybridized carbons (Fsp3) is 0.500. The van der Waals surface area contributed by atoms with Crippen molar-refractivity contribution < 1.29 is 19.8 Å². The number of likely N-dealkylation sites (tertiary alicyclic amines) is 1. The Bertz CT molecular complexity index is 569. The fourth-order valence-corrected chi connectivity index (χ4v) is 2.89. The van der Waals surface area contributed by atoms with Crippen molar-refractivity contribution in [1.82, 2.24) is 4.90 Å². The number of aliphatic carboxylic acids is 1. The van der Waals surface area contributed by atoms with Gasteiger partial charge in [-0.05, 0) is 49.9 Å². The highest BCUT2D eigenvalue weighted by atomic mass is 16.4. The molecule has 1 unspecified atom stereocenters. The molecule has 0 saturated carbocycles. The Hall–Kier alpha value is -2.04. The van der Waals surface area contributed by atoms with Crippen LogP contribution in [0.4, 0.5) is 0 Å². The molecule has 1 fully saturated rings. The van der Waals surface area contributed by atoms with Crippen LogP contribution in [0, 0.1) is 12.3 Å². The second-order valence-corrected chi connectivity index (χ2v) is 5.77. The van der Waals surface area contributed by atoms with Crippen LogP contribution in [0.3, 0.4) is 0 Å². The predicted molar refractivity (Wildman–Crippen MR) is 78.3 cm³/mol. The molecule has 2 N–H and O–H groups in total. The van der Waals surface area contributed by atoms with Crippen molar-refractivity contribution in [2.45, 2.75) is 33.1 Å². The van der Waals surface area contributed by atoms with Crippen molar-refractivity contribution in [3.8, 4) is 5.75 Å². The van der Waals surface area contributed by atoms with Gasteiger partial charge in [0.25, 0.3) is 5.91 Å². The highest BCUT2D eigenvalue weighted by molar-refractivity contribution is 5.95. The maximum absolute atomic E-state index is 12.5. The molecule has 1 heterocycles. The molecule has 0 aromatic heterocycles. The van der Waals surface area contributed by atoms with Gasteiger partial charge in [-0.15, -0.1) is 0 Å². The van der Waals surface area contributed by atoms with Gasteiger partial charge in [0.2, 0.25) is 0 Å². The van der Waals surface area contributed by atoms with Gasteiger partial charge in [0.05, 0.1) is 5.41 Å². The number of carboxylic acid groups (broad SMARTS) is 1. The van der Waals surface area contributed by atoms with Crippen molar-refractivity contribution in [1.29, 1.82) is 0 Å². The normalized spacial score (nSPS) is 22.1. The van der Waals surface area contributed by atoms with Crippen molar-refractivity contribution >= 4 is 11.9 Å². The minimum absolute atomic E-state index is 0.152. The first-order chi connectivity index (χ1) is 9.89. The zero-order valence-electron chi connectivity index (χ0n) is 12.4. The van der Waals surface area contributed by atoms with Crippen LogP contribution in [-0.2, 0) is 4.79 Å². The second kappa shape index (κ2) is 5.76. The van der Waals surface area contributed by atoms with Crippen LogP contribution in [0.15, 0.2) is 18.2 Å². The van der Waals surface area contributed by atoms with Gasteiger partial charge in [-0.3, -0.25) is 9.59 Å². The molecule has 1 atom stereocenters. The molecule has 0 radical (unpaired) electrons. The topological polar surface area (TPSA) is 77.8 Å². The number of nitrogens with zero attached hydrogens (tertiary/aromatic N) is 1. The van der Waals surface area contributed by atoms with Gasteiger partial charge < -0.3 is 15.1 Å². The molecule has 1 aromatic rings. The standard InChI is InChI=1S/C16H21NO4/c1-3-16(15(20)21)7-4-8-17(10-16)14(19)12-5-6-13(18)11(2)9-12/h5-6,9,18H,3-4,7-8,10H2,1-2H3,(H,20,21). The summed E-state index contributed by atoms with van der Waals surface area (Å²) < 4.78 is 0. The van der Waals surface area contributed by atoms with E-state index >= 15 is 0 Å². The molecule has 1 amide bonds. The summed E-state index contributed by atoms with van der Waals surface area (Å²) >= 11 is 0. The molecule has 1 aliphatic rings. The van der Waals surface area contributed by atoms with Gasteiger partial charge in [0.15, 0.2) is 0 Å². The van der Waals surface area contributed by atoms with Crippen LogP contribution in [0.25, 0.3) is 0 Å². The van der Waals surface area contributed by atoms with E-state index in [0.29, 0.717) is 36.9 Å². The largest absolute Gasteiger partial charge is 0.508 e. The maximum Gasteiger partial charge on any atom is 0.311 e. The molecule has 0 spiro atoms. The number of phenols is 1. The molecule has 1 saturated heterocycles. The molecule has 0 bridgehead atoms. The highest BCUT2D eigenvalue weighted by Crippen LogP contribution is 2.34. The van der Waals surface area contributed by atoms with Gasteiger partial charge in [0.1, 0.15) is 5.75 Å². The lowest BCUT2D eigenvalue weighted by Gasteiger charge is -2.39. The van der Waals surface area contributed by atoms with Crippen molar-refractivity contribution in [2.75, 3.05) is 13.1 Å². The summed E-state index contributed by atoms with van der Waals surface area (Å²) in [6.45, 7) is 4.41. The number of phenolic OH excluding ortho intramolecular Hbond substituents is 1. The number of hydrogen-bond acceptors (Lipinski definition) is 3. The van der Waals surface area contributed by atoms with Crippen molar-refractivity contribution in [2.24, 2.45) is 5.41 Å². The molecule has 21 heavy (non-hydrogen) atoms. The summed E-state index contributed by atoms with van der Waals surface area (Å²) in [7, 11) is 0. The monoisotopic (exact) mass is 291 g/mol. The molecule has 114 valence electrons. The zero-order chi connectivity index (χ0) is 15.6. The third-order valence-electron chi connectivity index (χ3n) is 4.44. The zero-order valence-corrected chi connectivity index (χ0v) is 12.4. The maximum atomic E-state index is 12.5. The van der Waals surface area contributed by atoms with Crippen LogP contribution < -0.4 is 0 Å². The average Bonchev–Trinajstić information content (AvgIpc) is 2.49. The minimum atomic E-state index is -0.833. The lowest BCUT2D eigenvalue weighted by molar-refractivity contribution is -0.152. The number of hydrogen-bond donors (Lipinski definition) is 2.